The average Bonchev–Trinajstić information content (AvgIpc) is 2.37. The van der Waals surface area contributed by atoms with Crippen molar-refractivity contribution < 1.29 is 9.53 Å². The van der Waals surface area contributed by atoms with Crippen LogP contribution in [-0.2, 0) is 11.3 Å². The van der Waals surface area contributed by atoms with E-state index in [1.54, 1.807) is 4.90 Å². The van der Waals surface area contributed by atoms with Gasteiger partial charge >= 0.3 is 6.09 Å². The maximum atomic E-state index is 12.0. The summed E-state index contributed by atoms with van der Waals surface area (Å²) in [4.78, 5) is 16.2. The fourth-order valence-corrected chi connectivity index (χ4v) is 2.92. The van der Waals surface area contributed by atoms with Crippen LogP contribution in [0.15, 0.2) is 24.3 Å². The van der Waals surface area contributed by atoms with Crippen LogP contribution in [0.25, 0.3) is 0 Å². The van der Waals surface area contributed by atoms with E-state index < -0.39 is 5.60 Å². The molecule has 0 bridgehead atoms. The SMILES string of the molecule is CC(C)(C)OC(=O)N1CCN(Cc2cccc(I)c2)CC1. The van der Waals surface area contributed by atoms with Crippen LogP contribution in [0.4, 0.5) is 4.79 Å². The number of benzene rings is 1. The van der Waals surface area contributed by atoms with Crippen LogP contribution >= 0.6 is 22.6 Å². The largest absolute Gasteiger partial charge is 0.444 e. The molecule has 1 aliphatic heterocycles. The molecule has 4 nitrogen and oxygen atoms in total. The molecule has 1 aliphatic rings. The minimum atomic E-state index is -0.422. The third-order valence-electron chi connectivity index (χ3n) is 3.32. The molecule has 1 heterocycles. The minimum absolute atomic E-state index is 0.198. The lowest BCUT2D eigenvalue weighted by Crippen LogP contribution is -2.49. The molecule has 0 saturated carbocycles. The number of hydrogen-bond acceptors (Lipinski definition) is 3. The molecule has 0 aliphatic carbocycles. The first kappa shape index (κ1) is 16.5. The van der Waals surface area contributed by atoms with Crippen molar-refractivity contribution in [3.05, 3.63) is 33.4 Å². The van der Waals surface area contributed by atoms with Gasteiger partial charge in [-0.05, 0) is 61.1 Å². The average molecular weight is 402 g/mol. The topological polar surface area (TPSA) is 32.8 Å². The first-order valence-corrected chi connectivity index (χ1v) is 8.36. The first-order valence-electron chi connectivity index (χ1n) is 7.28. The molecule has 0 spiro atoms. The predicted molar refractivity (Wildman–Crippen MR) is 92.2 cm³/mol. The van der Waals surface area contributed by atoms with Gasteiger partial charge in [0, 0.05) is 36.3 Å². The number of ether oxygens (including phenoxy) is 1. The molecule has 21 heavy (non-hydrogen) atoms. The van der Waals surface area contributed by atoms with E-state index in [1.807, 2.05) is 20.8 Å². The van der Waals surface area contributed by atoms with Crippen LogP contribution < -0.4 is 0 Å². The van der Waals surface area contributed by atoms with Crippen LogP contribution in [-0.4, -0.2) is 47.7 Å². The van der Waals surface area contributed by atoms with E-state index >= 15 is 0 Å². The summed E-state index contributed by atoms with van der Waals surface area (Å²) < 4.78 is 6.68. The summed E-state index contributed by atoms with van der Waals surface area (Å²) >= 11 is 2.34. The molecule has 0 atom stereocenters. The zero-order chi connectivity index (χ0) is 15.5. The van der Waals surface area contributed by atoms with Gasteiger partial charge in [0.15, 0.2) is 0 Å². The van der Waals surface area contributed by atoms with E-state index in [4.69, 9.17) is 4.74 Å². The maximum Gasteiger partial charge on any atom is 0.410 e. The molecule has 1 aromatic rings. The van der Waals surface area contributed by atoms with Crippen LogP contribution in [0.5, 0.6) is 0 Å². The van der Waals surface area contributed by atoms with Crippen molar-refractivity contribution in [2.45, 2.75) is 32.9 Å². The highest BCUT2D eigenvalue weighted by Gasteiger charge is 2.25. The van der Waals surface area contributed by atoms with Crippen molar-refractivity contribution in [2.24, 2.45) is 0 Å². The van der Waals surface area contributed by atoms with E-state index in [-0.39, 0.29) is 6.09 Å². The third kappa shape index (κ3) is 5.47. The smallest absolute Gasteiger partial charge is 0.410 e. The fraction of sp³-hybridized carbons (Fsp3) is 0.562. The van der Waals surface area contributed by atoms with Crippen molar-refractivity contribution in [2.75, 3.05) is 26.2 Å². The molecule has 2 rings (SSSR count). The molecule has 0 aromatic heterocycles. The Bertz CT molecular complexity index is 491. The van der Waals surface area contributed by atoms with Crippen LogP contribution in [0.2, 0.25) is 0 Å². The zero-order valence-corrected chi connectivity index (χ0v) is 15.1. The molecule has 1 aromatic carbocycles. The van der Waals surface area contributed by atoms with Crippen molar-refractivity contribution in [1.29, 1.82) is 0 Å². The highest BCUT2D eigenvalue weighted by Crippen LogP contribution is 2.14. The third-order valence-corrected chi connectivity index (χ3v) is 3.99. The second-order valence-electron chi connectivity index (χ2n) is 6.37. The Kier molecular flexibility index (Phi) is 5.48. The van der Waals surface area contributed by atoms with Gasteiger partial charge in [0.1, 0.15) is 5.60 Å². The number of piperazine rings is 1. The number of amides is 1. The van der Waals surface area contributed by atoms with Crippen LogP contribution in [0, 0.1) is 3.57 Å². The highest BCUT2D eigenvalue weighted by molar-refractivity contribution is 14.1. The quantitative estimate of drug-likeness (QED) is 0.712. The van der Waals surface area contributed by atoms with Gasteiger partial charge in [-0.1, -0.05) is 12.1 Å². The van der Waals surface area contributed by atoms with Crippen LogP contribution in [0.1, 0.15) is 26.3 Å². The van der Waals surface area contributed by atoms with Crippen LogP contribution in [0.3, 0.4) is 0 Å². The lowest BCUT2D eigenvalue weighted by atomic mass is 10.2. The second-order valence-corrected chi connectivity index (χ2v) is 7.62. The lowest BCUT2D eigenvalue weighted by molar-refractivity contribution is 0.0139. The molecule has 1 fully saturated rings. The van der Waals surface area contributed by atoms with Gasteiger partial charge in [-0.15, -0.1) is 0 Å². The fourth-order valence-electron chi connectivity index (χ4n) is 2.31. The standard InChI is InChI=1S/C16H23IN2O2/c1-16(2,3)21-15(20)19-9-7-18(8-10-19)12-13-5-4-6-14(17)11-13/h4-6,11H,7-10,12H2,1-3H3. The molecule has 1 amide bonds. The van der Waals surface area contributed by atoms with Crippen molar-refractivity contribution in [3.8, 4) is 0 Å². The summed E-state index contributed by atoms with van der Waals surface area (Å²) in [7, 11) is 0. The summed E-state index contributed by atoms with van der Waals surface area (Å²) in [5.74, 6) is 0. The number of rotatable bonds is 2. The lowest BCUT2D eigenvalue weighted by Gasteiger charge is -2.35. The first-order chi connectivity index (χ1) is 9.83. The highest BCUT2D eigenvalue weighted by atomic mass is 127. The zero-order valence-electron chi connectivity index (χ0n) is 12.9. The van der Waals surface area contributed by atoms with Gasteiger partial charge in [-0.25, -0.2) is 4.79 Å². The molecule has 116 valence electrons. The van der Waals surface area contributed by atoms with E-state index in [0.29, 0.717) is 0 Å². The normalized spacial score (nSPS) is 16.9. The van der Waals surface area contributed by atoms with Gasteiger partial charge in [-0.2, -0.15) is 0 Å². The summed E-state index contributed by atoms with van der Waals surface area (Å²) in [5, 5.41) is 0. The van der Waals surface area contributed by atoms with Gasteiger partial charge in [-0.3, -0.25) is 4.90 Å². The van der Waals surface area contributed by atoms with E-state index in [0.717, 1.165) is 32.7 Å². The van der Waals surface area contributed by atoms with Gasteiger partial charge in [0.25, 0.3) is 0 Å². The minimum Gasteiger partial charge on any atom is -0.444 e. The van der Waals surface area contributed by atoms with E-state index in [1.165, 1.54) is 9.13 Å². The molecule has 0 unspecified atom stereocenters. The molecule has 1 saturated heterocycles. The molecule has 0 radical (unpaired) electrons. The number of halogens is 1. The Hall–Kier alpha value is -0.820. The van der Waals surface area contributed by atoms with Crippen molar-refractivity contribution in [1.82, 2.24) is 9.80 Å². The van der Waals surface area contributed by atoms with Gasteiger partial charge in [0.2, 0.25) is 0 Å². The van der Waals surface area contributed by atoms with Gasteiger partial charge < -0.3 is 9.64 Å². The number of nitrogens with zero attached hydrogens (tertiary/aromatic N) is 2. The Labute approximate surface area is 140 Å². The van der Waals surface area contributed by atoms with Gasteiger partial charge in [0.05, 0.1) is 0 Å². The Morgan fingerprint density at radius 3 is 2.48 bits per heavy atom. The second kappa shape index (κ2) is 6.96. The van der Waals surface area contributed by atoms with E-state index in [2.05, 4.69) is 51.8 Å². The summed E-state index contributed by atoms with van der Waals surface area (Å²) in [5.41, 5.74) is 0.905. The monoisotopic (exact) mass is 402 g/mol. The summed E-state index contributed by atoms with van der Waals surface area (Å²) in [6, 6.07) is 8.56. The van der Waals surface area contributed by atoms with Crippen molar-refractivity contribution >= 4 is 28.7 Å². The number of hydrogen-bond donors (Lipinski definition) is 0. The summed E-state index contributed by atoms with van der Waals surface area (Å²) in [6.45, 7) is 9.90. The summed E-state index contributed by atoms with van der Waals surface area (Å²) in [6.07, 6.45) is -0.198. The number of carbonyl (C=O) groups excluding carboxylic acids is 1. The number of carbonyl (C=O) groups is 1. The van der Waals surface area contributed by atoms with E-state index in [9.17, 15) is 4.79 Å². The Morgan fingerprint density at radius 2 is 1.90 bits per heavy atom. The molecule has 5 heteroatoms. The van der Waals surface area contributed by atoms with Crippen molar-refractivity contribution in [3.63, 3.8) is 0 Å². The molecular formula is C16H23IN2O2. The molecule has 0 N–H and O–H groups in total. The Morgan fingerprint density at radius 1 is 1.24 bits per heavy atom. The predicted octanol–water partition coefficient (Wildman–Crippen LogP) is 3.34. The maximum absolute atomic E-state index is 12.0. The Balaban J connectivity index is 1.82. The molecular weight excluding hydrogens is 379 g/mol.